The SMILES string of the molecule is COC(=O)CC(NC(=O)c1ccc2c(c1)NC(=O)CN2C)c1cccc(Br)c1. The fourth-order valence-corrected chi connectivity index (χ4v) is 3.48. The topological polar surface area (TPSA) is 87.7 Å². The van der Waals surface area contributed by atoms with Gasteiger partial charge in [0.2, 0.25) is 5.91 Å². The number of methoxy groups -OCH3 is 1. The van der Waals surface area contributed by atoms with Crippen LogP contribution in [0.4, 0.5) is 11.4 Å². The zero-order chi connectivity index (χ0) is 20.3. The van der Waals surface area contributed by atoms with Crippen LogP contribution in [0, 0.1) is 0 Å². The van der Waals surface area contributed by atoms with Crippen LogP contribution in [-0.2, 0) is 14.3 Å². The van der Waals surface area contributed by atoms with Crippen molar-refractivity contribution in [3.8, 4) is 0 Å². The Kier molecular flexibility index (Phi) is 5.99. The molecule has 0 fully saturated rings. The van der Waals surface area contributed by atoms with Gasteiger partial charge in [-0.25, -0.2) is 0 Å². The predicted molar refractivity (Wildman–Crippen MR) is 109 cm³/mol. The predicted octanol–water partition coefficient (Wildman–Crippen LogP) is 2.87. The van der Waals surface area contributed by atoms with Gasteiger partial charge >= 0.3 is 5.97 Å². The van der Waals surface area contributed by atoms with E-state index in [2.05, 4.69) is 26.6 Å². The van der Waals surface area contributed by atoms with Gasteiger partial charge in [-0.15, -0.1) is 0 Å². The number of fused-ring (bicyclic) bond motifs is 1. The molecule has 1 atom stereocenters. The summed E-state index contributed by atoms with van der Waals surface area (Å²) in [4.78, 5) is 38.2. The summed E-state index contributed by atoms with van der Waals surface area (Å²) in [6.07, 6.45) is 0.00308. The van der Waals surface area contributed by atoms with Crippen LogP contribution in [0.1, 0.15) is 28.4 Å². The normalized spacial score (nSPS) is 14.0. The molecule has 28 heavy (non-hydrogen) atoms. The third-order valence-electron chi connectivity index (χ3n) is 4.48. The number of amides is 2. The Hall–Kier alpha value is -2.87. The highest BCUT2D eigenvalue weighted by molar-refractivity contribution is 9.10. The van der Waals surface area contributed by atoms with E-state index in [0.29, 0.717) is 11.3 Å². The van der Waals surface area contributed by atoms with Crippen molar-refractivity contribution in [1.82, 2.24) is 5.32 Å². The Morgan fingerprint density at radius 3 is 2.79 bits per heavy atom. The number of halogens is 1. The van der Waals surface area contributed by atoms with Crippen LogP contribution in [0.15, 0.2) is 46.9 Å². The molecule has 0 radical (unpaired) electrons. The molecule has 2 N–H and O–H groups in total. The van der Waals surface area contributed by atoms with E-state index >= 15 is 0 Å². The summed E-state index contributed by atoms with van der Waals surface area (Å²) in [5.41, 5.74) is 2.59. The number of likely N-dealkylation sites (N-methyl/N-ethyl adjacent to an activating group) is 1. The Balaban J connectivity index is 1.84. The molecule has 1 aliphatic rings. The van der Waals surface area contributed by atoms with Gasteiger partial charge in [0.25, 0.3) is 5.91 Å². The summed E-state index contributed by atoms with van der Waals surface area (Å²) >= 11 is 3.40. The van der Waals surface area contributed by atoms with Crippen LogP contribution >= 0.6 is 15.9 Å². The monoisotopic (exact) mass is 445 g/mol. The summed E-state index contributed by atoms with van der Waals surface area (Å²) in [6, 6.07) is 11.9. The molecular formula is C20H20BrN3O4. The molecular weight excluding hydrogens is 426 g/mol. The first-order valence-electron chi connectivity index (χ1n) is 8.65. The van der Waals surface area contributed by atoms with Crippen LogP contribution in [0.2, 0.25) is 0 Å². The maximum atomic E-state index is 12.8. The highest BCUT2D eigenvalue weighted by Gasteiger charge is 2.23. The maximum absolute atomic E-state index is 12.8. The minimum absolute atomic E-state index is 0.00308. The van der Waals surface area contributed by atoms with Gasteiger partial charge in [-0.2, -0.15) is 0 Å². The lowest BCUT2D eigenvalue weighted by Crippen LogP contribution is -2.36. The molecule has 2 aromatic carbocycles. The number of benzene rings is 2. The summed E-state index contributed by atoms with van der Waals surface area (Å²) < 4.78 is 5.60. The van der Waals surface area contributed by atoms with Gasteiger partial charge in [-0.05, 0) is 35.9 Å². The second kappa shape index (κ2) is 8.43. The molecule has 7 nitrogen and oxygen atoms in total. The van der Waals surface area contributed by atoms with E-state index in [1.54, 1.807) is 18.2 Å². The van der Waals surface area contributed by atoms with E-state index in [1.807, 2.05) is 36.2 Å². The zero-order valence-corrected chi connectivity index (χ0v) is 17.1. The second-order valence-electron chi connectivity index (χ2n) is 6.50. The van der Waals surface area contributed by atoms with Gasteiger partial charge in [0, 0.05) is 17.1 Å². The van der Waals surface area contributed by atoms with E-state index in [9.17, 15) is 14.4 Å². The average Bonchev–Trinajstić information content (AvgIpc) is 2.66. The van der Waals surface area contributed by atoms with Crippen molar-refractivity contribution in [3.05, 3.63) is 58.1 Å². The zero-order valence-electron chi connectivity index (χ0n) is 15.5. The highest BCUT2D eigenvalue weighted by Crippen LogP contribution is 2.30. The first kappa shape index (κ1) is 19.9. The minimum atomic E-state index is -0.550. The Bertz CT molecular complexity index is 931. The summed E-state index contributed by atoms with van der Waals surface area (Å²) in [7, 11) is 3.13. The number of rotatable bonds is 5. The third-order valence-corrected chi connectivity index (χ3v) is 4.97. The van der Waals surface area contributed by atoms with E-state index in [-0.39, 0.29) is 24.8 Å². The van der Waals surface area contributed by atoms with E-state index in [0.717, 1.165) is 15.7 Å². The molecule has 0 bridgehead atoms. The molecule has 0 aliphatic carbocycles. The van der Waals surface area contributed by atoms with E-state index in [1.165, 1.54) is 7.11 Å². The van der Waals surface area contributed by atoms with Crippen LogP contribution < -0.4 is 15.5 Å². The quantitative estimate of drug-likeness (QED) is 0.690. The number of nitrogens with zero attached hydrogens (tertiary/aromatic N) is 1. The standard InChI is InChI=1S/C20H20BrN3O4/c1-24-11-18(25)22-16-9-13(6-7-17(16)24)20(27)23-15(10-19(26)28-2)12-4-3-5-14(21)8-12/h3-9,15H,10-11H2,1-2H3,(H,22,25)(H,23,27). The number of hydrogen-bond acceptors (Lipinski definition) is 5. The summed E-state index contributed by atoms with van der Waals surface area (Å²) in [5.74, 6) is -0.908. The first-order chi connectivity index (χ1) is 13.4. The summed E-state index contributed by atoms with van der Waals surface area (Å²) in [5, 5.41) is 5.66. The number of esters is 1. The number of carbonyl (C=O) groups is 3. The largest absolute Gasteiger partial charge is 0.469 e. The van der Waals surface area contributed by atoms with Crippen molar-refractivity contribution < 1.29 is 19.1 Å². The lowest BCUT2D eigenvalue weighted by atomic mass is 10.0. The minimum Gasteiger partial charge on any atom is -0.469 e. The van der Waals surface area contributed by atoms with Gasteiger partial charge in [0.05, 0.1) is 37.5 Å². The molecule has 1 unspecified atom stereocenters. The lowest BCUT2D eigenvalue weighted by molar-refractivity contribution is -0.141. The second-order valence-corrected chi connectivity index (χ2v) is 7.41. The molecule has 0 spiro atoms. The Morgan fingerprint density at radius 1 is 1.29 bits per heavy atom. The van der Waals surface area contributed by atoms with Crippen LogP contribution in [-0.4, -0.2) is 38.5 Å². The highest BCUT2D eigenvalue weighted by atomic mass is 79.9. The third kappa shape index (κ3) is 4.51. The number of ether oxygens (including phenoxy) is 1. The molecule has 1 heterocycles. The summed E-state index contributed by atoms with van der Waals surface area (Å²) in [6.45, 7) is 0.266. The van der Waals surface area contributed by atoms with Crippen molar-refractivity contribution in [2.45, 2.75) is 12.5 Å². The molecule has 0 saturated carbocycles. The van der Waals surface area contributed by atoms with Crippen molar-refractivity contribution in [2.24, 2.45) is 0 Å². The number of nitrogens with one attached hydrogen (secondary N) is 2. The van der Waals surface area contributed by atoms with Gasteiger partial charge < -0.3 is 20.3 Å². The smallest absolute Gasteiger partial charge is 0.307 e. The van der Waals surface area contributed by atoms with Crippen molar-refractivity contribution in [1.29, 1.82) is 0 Å². The average molecular weight is 446 g/mol. The van der Waals surface area contributed by atoms with Crippen LogP contribution in [0.25, 0.3) is 0 Å². The molecule has 8 heteroatoms. The van der Waals surface area contributed by atoms with E-state index in [4.69, 9.17) is 4.74 Å². The Morgan fingerprint density at radius 2 is 2.07 bits per heavy atom. The lowest BCUT2D eigenvalue weighted by Gasteiger charge is -2.27. The van der Waals surface area contributed by atoms with Crippen molar-refractivity contribution >= 4 is 45.1 Å². The van der Waals surface area contributed by atoms with Crippen molar-refractivity contribution in [3.63, 3.8) is 0 Å². The van der Waals surface area contributed by atoms with Gasteiger partial charge in [0.1, 0.15) is 0 Å². The number of anilines is 2. The fraction of sp³-hybridized carbons (Fsp3) is 0.250. The number of carbonyl (C=O) groups excluding carboxylic acids is 3. The maximum Gasteiger partial charge on any atom is 0.307 e. The molecule has 0 saturated heterocycles. The first-order valence-corrected chi connectivity index (χ1v) is 9.45. The molecule has 3 rings (SSSR count). The fourth-order valence-electron chi connectivity index (χ4n) is 3.07. The van der Waals surface area contributed by atoms with Gasteiger partial charge in [-0.3, -0.25) is 14.4 Å². The molecule has 1 aliphatic heterocycles. The molecule has 2 amide bonds. The van der Waals surface area contributed by atoms with Crippen LogP contribution in [0.5, 0.6) is 0 Å². The molecule has 2 aromatic rings. The van der Waals surface area contributed by atoms with Gasteiger partial charge in [-0.1, -0.05) is 28.1 Å². The van der Waals surface area contributed by atoms with E-state index < -0.39 is 12.0 Å². The van der Waals surface area contributed by atoms with Crippen LogP contribution in [0.3, 0.4) is 0 Å². The van der Waals surface area contributed by atoms with Crippen molar-refractivity contribution in [2.75, 3.05) is 30.9 Å². The Labute approximate surface area is 171 Å². The molecule has 146 valence electrons. The number of hydrogen-bond donors (Lipinski definition) is 2. The van der Waals surface area contributed by atoms with Gasteiger partial charge in [0.15, 0.2) is 0 Å². The molecule has 0 aromatic heterocycles.